The Morgan fingerprint density at radius 3 is 2.85 bits per heavy atom. The second-order valence-electron chi connectivity index (χ2n) is 9.81. The molecule has 2 aromatic rings. The maximum Gasteiger partial charge on any atom is 0.140 e. The molecule has 0 saturated carbocycles. The molecule has 2 aromatic carbocycles. The van der Waals surface area contributed by atoms with Crippen LogP contribution in [0.5, 0.6) is 11.5 Å². The number of allylic oxidation sites excluding steroid dienone is 3. The molecule has 5 nitrogen and oxygen atoms in total. The summed E-state index contributed by atoms with van der Waals surface area (Å²) in [6, 6.07) is 9.29. The summed E-state index contributed by atoms with van der Waals surface area (Å²) < 4.78 is 34.7. The summed E-state index contributed by atoms with van der Waals surface area (Å²) >= 11 is 0. The number of fused-ring (bicyclic) bond motifs is 1. The van der Waals surface area contributed by atoms with E-state index in [-0.39, 0.29) is 11.2 Å². The van der Waals surface area contributed by atoms with Gasteiger partial charge in [-0.3, -0.25) is 4.21 Å². The van der Waals surface area contributed by atoms with Crippen LogP contribution in [0.4, 0.5) is 15.8 Å². The van der Waals surface area contributed by atoms with Crippen LogP contribution in [-0.4, -0.2) is 21.7 Å². The van der Waals surface area contributed by atoms with E-state index in [1.54, 1.807) is 24.3 Å². The first kappa shape index (κ1) is 22.7. The topological polar surface area (TPSA) is 70.6 Å². The first-order chi connectivity index (χ1) is 16.3. The van der Waals surface area contributed by atoms with Crippen LogP contribution in [-0.2, 0) is 10.8 Å². The van der Waals surface area contributed by atoms with E-state index in [9.17, 15) is 9.32 Å². The monoisotopic (exact) mass is 480 g/mol. The van der Waals surface area contributed by atoms with Crippen molar-refractivity contribution in [2.24, 2.45) is 5.41 Å². The smallest absolute Gasteiger partial charge is 0.140 e. The third-order valence-electron chi connectivity index (χ3n) is 6.36. The van der Waals surface area contributed by atoms with E-state index < -0.39 is 22.7 Å². The number of hydrogen-bond acceptors (Lipinski definition) is 5. The second-order valence-corrected chi connectivity index (χ2v) is 11.2. The number of hydrogen-bond donors (Lipinski definition) is 3. The Balaban J connectivity index is 1.51. The Labute approximate surface area is 201 Å². The number of halogens is 1. The normalized spacial score (nSPS) is 23.1. The van der Waals surface area contributed by atoms with E-state index in [2.05, 4.69) is 36.6 Å². The summed E-state index contributed by atoms with van der Waals surface area (Å²) in [6.07, 6.45) is 8.97. The number of benzene rings is 2. The quantitative estimate of drug-likeness (QED) is 0.458. The van der Waals surface area contributed by atoms with Crippen LogP contribution < -0.4 is 15.4 Å². The highest BCUT2D eigenvalue weighted by Crippen LogP contribution is 2.47. The van der Waals surface area contributed by atoms with Gasteiger partial charge in [0.2, 0.25) is 0 Å². The number of phenolic OH excluding ortho intramolecular Hbond substituents is 1. The minimum Gasteiger partial charge on any atom is -0.506 e. The second kappa shape index (κ2) is 8.95. The molecule has 0 amide bonds. The Morgan fingerprint density at radius 1 is 1.24 bits per heavy atom. The standard InChI is InChI=1S/C27H29FN2O3S/c1-27(2)14-22-26(34(32)16-27)24(30-25-21(29-22)9-6-10-23(25)31)19-12-11-18(13-20(19)28)33-15-17-7-4-3-5-8-17/h4,6-13,24,29-31H,3,5,14-16H2,1-2H3. The highest BCUT2D eigenvalue weighted by atomic mass is 32.2. The maximum atomic E-state index is 15.5. The maximum absolute atomic E-state index is 15.5. The molecule has 5 rings (SSSR count). The fourth-order valence-corrected chi connectivity index (χ4v) is 6.57. The van der Waals surface area contributed by atoms with Gasteiger partial charge < -0.3 is 20.5 Å². The number of anilines is 2. The molecule has 0 saturated heterocycles. The molecule has 178 valence electrons. The van der Waals surface area contributed by atoms with Crippen molar-refractivity contribution < 1.29 is 18.4 Å². The fourth-order valence-electron chi connectivity index (χ4n) is 4.76. The highest BCUT2D eigenvalue weighted by molar-refractivity contribution is 7.89. The molecule has 2 unspecified atom stereocenters. The Hall–Kier alpha value is -3.06. The first-order valence-corrected chi connectivity index (χ1v) is 12.9. The highest BCUT2D eigenvalue weighted by Gasteiger charge is 2.39. The molecule has 3 N–H and O–H groups in total. The summed E-state index contributed by atoms with van der Waals surface area (Å²) in [5.74, 6) is 0.528. The lowest BCUT2D eigenvalue weighted by molar-refractivity contribution is 0.352. The number of nitrogens with one attached hydrogen (secondary N) is 2. The minimum atomic E-state index is -1.32. The largest absolute Gasteiger partial charge is 0.506 e. The third kappa shape index (κ3) is 4.49. The van der Waals surface area contributed by atoms with E-state index in [0.29, 0.717) is 46.4 Å². The molecule has 0 bridgehead atoms. The van der Waals surface area contributed by atoms with Crippen LogP contribution in [0.15, 0.2) is 70.8 Å². The number of rotatable bonds is 4. The lowest BCUT2D eigenvalue weighted by Gasteiger charge is -2.34. The van der Waals surface area contributed by atoms with Crippen LogP contribution in [0.2, 0.25) is 0 Å². The predicted molar refractivity (Wildman–Crippen MR) is 135 cm³/mol. The van der Waals surface area contributed by atoms with E-state index in [0.717, 1.165) is 24.1 Å². The Bertz CT molecular complexity index is 1250. The zero-order valence-electron chi connectivity index (χ0n) is 19.4. The molecule has 0 aromatic heterocycles. The van der Waals surface area contributed by atoms with Gasteiger partial charge in [-0.25, -0.2) is 4.39 Å². The van der Waals surface area contributed by atoms with Gasteiger partial charge in [-0.05, 0) is 54.5 Å². The summed E-state index contributed by atoms with van der Waals surface area (Å²) in [5, 5.41) is 17.2. The number of para-hydroxylation sites is 1. The van der Waals surface area contributed by atoms with Crippen molar-refractivity contribution in [1.29, 1.82) is 0 Å². The van der Waals surface area contributed by atoms with Crippen molar-refractivity contribution >= 4 is 22.2 Å². The van der Waals surface area contributed by atoms with Crippen LogP contribution in [0.1, 0.15) is 44.7 Å². The van der Waals surface area contributed by atoms with Gasteiger partial charge >= 0.3 is 0 Å². The van der Waals surface area contributed by atoms with Crippen LogP contribution in [0.25, 0.3) is 0 Å². The van der Waals surface area contributed by atoms with Crippen molar-refractivity contribution in [2.75, 3.05) is 23.0 Å². The van der Waals surface area contributed by atoms with Crippen LogP contribution >= 0.6 is 0 Å². The van der Waals surface area contributed by atoms with E-state index in [1.807, 2.05) is 12.1 Å². The molecule has 0 spiro atoms. The van der Waals surface area contributed by atoms with Crippen molar-refractivity contribution in [3.05, 3.63) is 82.2 Å². The minimum absolute atomic E-state index is 0.0501. The van der Waals surface area contributed by atoms with Gasteiger partial charge in [0.25, 0.3) is 0 Å². The Morgan fingerprint density at radius 2 is 2.09 bits per heavy atom. The van der Waals surface area contributed by atoms with Crippen molar-refractivity contribution in [3.8, 4) is 11.5 Å². The average Bonchev–Trinajstić information content (AvgIpc) is 2.95. The summed E-state index contributed by atoms with van der Waals surface area (Å²) in [4.78, 5) is 0.625. The molecular formula is C27H29FN2O3S. The zero-order valence-corrected chi connectivity index (χ0v) is 20.2. The van der Waals surface area contributed by atoms with Gasteiger partial charge in [0, 0.05) is 23.1 Å². The molecule has 2 heterocycles. The fraction of sp³-hybridized carbons (Fsp3) is 0.333. The van der Waals surface area contributed by atoms with Gasteiger partial charge in [0.05, 0.1) is 27.4 Å². The summed E-state index contributed by atoms with van der Waals surface area (Å²) in [6.45, 7) is 4.55. The van der Waals surface area contributed by atoms with Crippen molar-refractivity contribution in [2.45, 2.75) is 39.2 Å². The molecule has 34 heavy (non-hydrogen) atoms. The van der Waals surface area contributed by atoms with Gasteiger partial charge in [0.1, 0.15) is 29.6 Å². The molecule has 0 fully saturated rings. The van der Waals surface area contributed by atoms with E-state index in [1.165, 1.54) is 6.07 Å². The predicted octanol–water partition coefficient (Wildman–Crippen LogP) is 6.16. The van der Waals surface area contributed by atoms with Gasteiger partial charge in [-0.2, -0.15) is 0 Å². The van der Waals surface area contributed by atoms with Crippen molar-refractivity contribution in [3.63, 3.8) is 0 Å². The zero-order chi connectivity index (χ0) is 23.9. The molecule has 3 aliphatic rings. The molecule has 2 aliphatic heterocycles. The van der Waals surface area contributed by atoms with Crippen LogP contribution in [0.3, 0.4) is 0 Å². The molecular weight excluding hydrogens is 451 g/mol. The molecule has 1 aliphatic carbocycles. The first-order valence-electron chi connectivity index (χ1n) is 11.6. The van der Waals surface area contributed by atoms with Crippen LogP contribution in [0, 0.1) is 11.2 Å². The average molecular weight is 481 g/mol. The van der Waals surface area contributed by atoms with Gasteiger partial charge in [-0.1, -0.05) is 38.1 Å². The SMILES string of the molecule is CC1(C)CC2=C(C(c3ccc(OCC4=CCCC=C4)cc3F)Nc3c(O)cccc3N2)S(=O)C1. The number of ether oxygens (including phenoxy) is 1. The van der Waals surface area contributed by atoms with E-state index >= 15 is 4.39 Å². The summed E-state index contributed by atoms with van der Waals surface area (Å²) in [5.41, 5.74) is 3.23. The molecule has 7 heteroatoms. The van der Waals surface area contributed by atoms with Gasteiger partial charge in [-0.15, -0.1) is 0 Å². The third-order valence-corrected chi connectivity index (χ3v) is 8.38. The lowest BCUT2D eigenvalue weighted by atomic mass is 9.88. The lowest BCUT2D eigenvalue weighted by Crippen LogP contribution is -2.32. The molecule has 2 atom stereocenters. The van der Waals surface area contributed by atoms with Crippen molar-refractivity contribution in [1.82, 2.24) is 0 Å². The van der Waals surface area contributed by atoms with Gasteiger partial charge in [0.15, 0.2) is 0 Å². The molecule has 0 radical (unpaired) electrons. The Kier molecular flexibility index (Phi) is 5.98. The number of phenols is 1. The van der Waals surface area contributed by atoms with E-state index in [4.69, 9.17) is 4.74 Å². The summed E-state index contributed by atoms with van der Waals surface area (Å²) in [7, 11) is -1.32. The number of aromatic hydroxyl groups is 1.